The molecule has 28 heavy (non-hydrogen) atoms. The average Bonchev–Trinajstić information content (AvgIpc) is 2.68. The van der Waals surface area contributed by atoms with Gasteiger partial charge < -0.3 is 10.2 Å². The lowest BCUT2D eigenvalue weighted by atomic mass is 10.1. The van der Waals surface area contributed by atoms with E-state index in [9.17, 15) is 9.59 Å². The number of aliphatic imine (C=N–C) groups is 1. The van der Waals surface area contributed by atoms with Crippen LogP contribution < -0.4 is 5.32 Å². The summed E-state index contributed by atoms with van der Waals surface area (Å²) in [5.74, 6) is 0.835. The first-order valence-electron chi connectivity index (χ1n) is 8.95. The van der Waals surface area contributed by atoms with E-state index in [4.69, 9.17) is 0 Å². The molecule has 2 amide bonds. The van der Waals surface area contributed by atoms with E-state index in [1.54, 1.807) is 18.8 Å². The van der Waals surface area contributed by atoms with Crippen LogP contribution in [0.3, 0.4) is 0 Å². The van der Waals surface area contributed by atoms with Crippen molar-refractivity contribution in [3.05, 3.63) is 59.2 Å². The molecule has 2 aromatic rings. The lowest BCUT2D eigenvalue weighted by Gasteiger charge is -2.18. The first-order valence-corrected chi connectivity index (χ1v) is 10.9. The number of rotatable bonds is 5. The number of para-hydroxylation sites is 1. The number of nitrogens with one attached hydrogen (secondary N) is 1. The van der Waals surface area contributed by atoms with Gasteiger partial charge in [0.15, 0.2) is 0 Å². The number of carbonyl (C=O) groups excluding carboxylic acids is 2. The number of aryl methyl sites for hydroxylation is 2. The first kappa shape index (κ1) is 20.5. The van der Waals surface area contributed by atoms with Gasteiger partial charge in [0.25, 0.3) is 0 Å². The van der Waals surface area contributed by atoms with Crippen LogP contribution in [0.25, 0.3) is 0 Å². The summed E-state index contributed by atoms with van der Waals surface area (Å²) in [6.45, 7) is 3.95. The Hall–Kier alpha value is -2.25. The van der Waals surface area contributed by atoms with E-state index in [1.165, 1.54) is 22.2 Å². The molecule has 0 radical (unpaired) electrons. The van der Waals surface area contributed by atoms with Crippen molar-refractivity contribution in [1.29, 1.82) is 0 Å². The second kappa shape index (κ2) is 9.30. The van der Waals surface area contributed by atoms with E-state index in [1.807, 2.05) is 50.2 Å². The second-order valence-electron chi connectivity index (χ2n) is 6.70. The molecule has 146 valence electrons. The minimum Gasteiger partial charge on any atom is -0.336 e. The standard InChI is InChI=1S/C21H23N3O2S2/c1-14-8-9-15(2)18(10-14)22-19(25)11-24(3)20(26)13-28-21-23-17-7-5-4-6-16(17)12-27-21/h4-10H,11-13H2,1-3H3,(H,22,25). The predicted molar refractivity (Wildman–Crippen MR) is 119 cm³/mol. The van der Waals surface area contributed by atoms with Crippen LogP contribution in [-0.2, 0) is 15.3 Å². The number of benzene rings is 2. The third kappa shape index (κ3) is 5.39. The van der Waals surface area contributed by atoms with Crippen LogP contribution in [-0.4, -0.2) is 40.4 Å². The van der Waals surface area contributed by atoms with Crippen LogP contribution in [0.15, 0.2) is 47.5 Å². The molecule has 7 heteroatoms. The quantitative estimate of drug-likeness (QED) is 0.791. The molecule has 0 fully saturated rings. The number of thioether (sulfide) groups is 2. The molecular weight excluding hydrogens is 390 g/mol. The molecule has 0 saturated heterocycles. The van der Waals surface area contributed by atoms with Crippen LogP contribution in [0.2, 0.25) is 0 Å². The van der Waals surface area contributed by atoms with Gasteiger partial charge in [0, 0.05) is 18.5 Å². The van der Waals surface area contributed by atoms with Gasteiger partial charge in [-0.15, -0.1) is 0 Å². The monoisotopic (exact) mass is 413 g/mol. The van der Waals surface area contributed by atoms with Crippen LogP contribution >= 0.6 is 23.5 Å². The van der Waals surface area contributed by atoms with E-state index < -0.39 is 0 Å². The van der Waals surface area contributed by atoms with Crippen LogP contribution in [0.1, 0.15) is 16.7 Å². The average molecular weight is 414 g/mol. The molecule has 0 bridgehead atoms. The lowest BCUT2D eigenvalue weighted by molar-refractivity contribution is -0.131. The first-order chi connectivity index (χ1) is 13.4. The number of hydrogen-bond donors (Lipinski definition) is 1. The van der Waals surface area contributed by atoms with Gasteiger partial charge in [-0.3, -0.25) is 9.59 Å². The Morgan fingerprint density at radius 3 is 2.82 bits per heavy atom. The van der Waals surface area contributed by atoms with Crippen LogP contribution in [0, 0.1) is 13.8 Å². The number of likely N-dealkylation sites (N-methyl/N-ethyl adjacent to an activating group) is 1. The summed E-state index contributed by atoms with van der Waals surface area (Å²) in [5, 5.41) is 2.89. The third-order valence-corrected chi connectivity index (χ3v) is 6.58. The highest BCUT2D eigenvalue weighted by Gasteiger charge is 2.17. The molecule has 1 aliphatic rings. The SMILES string of the molecule is Cc1ccc(C)c(NC(=O)CN(C)C(=O)CSC2=Nc3ccccc3CS2)c1. The minimum atomic E-state index is -0.201. The summed E-state index contributed by atoms with van der Waals surface area (Å²) in [4.78, 5) is 30.8. The Bertz CT molecular complexity index is 928. The van der Waals surface area contributed by atoms with Crippen molar-refractivity contribution in [3.63, 3.8) is 0 Å². The van der Waals surface area contributed by atoms with Gasteiger partial charge in [0.05, 0.1) is 18.0 Å². The topological polar surface area (TPSA) is 61.8 Å². The number of anilines is 1. The van der Waals surface area contributed by atoms with E-state index in [0.717, 1.165) is 32.6 Å². The molecule has 1 heterocycles. The van der Waals surface area contributed by atoms with E-state index in [-0.39, 0.29) is 24.1 Å². The zero-order chi connectivity index (χ0) is 20.1. The second-order valence-corrected chi connectivity index (χ2v) is 8.89. The van der Waals surface area contributed by atoms with Gasteiger partial charge in [-0.1, -0.05) is 53.9 Å². The van der Waals surface area contributed by atoms with E-state index >= 15 is 0 Å². The fourth-order valence-electron chi connectivity index (χ4n) is 2.68. The smallest absolute Gasteiger partial charge is 0.243 e. The summed E-state index contributed by atoms with van der Waals surface area (Å²) in [5.41, 5.74) is 5.04. The summed E-state index contributed by atoms with van der Waals surface area (Å²) < 4.78 is 0.889. The Morgan fingerprint density at radius 1 is 1.21 bits per heavy atom. The molecule has 1 N–H and O–H groups in total. The molecule has 0 spiro atoms. The number of carbonyl (C=O) groups is 2. The fourth-order valence-corrected chi connectivity index (χ4v) is 4.69. The molecule has 5 nitrogen and oxygen atoms in total. The minimum absolute atomic E-state index is 0.0230. The predicted octanol–water partition coefficient (Wildman–Crippen LogP) is 4.37. The highest BCUT2D eigenvalue weighted by Crippen LogP contribution is 2.34. The maximum Gasteiger partial charge on any atom is 0.243 e. The fraction of sp³-hybridized carbons (Fsp3) is 0.286. The Morgan fingerprint density at radius 2 is 2.00 bits per heavy atom. The van der Waals surface area contributed by atoms with E-state index in [0.29, 0.717) is 0 Å². The highest BCUT2D eigenvalue weighted by molar-refractivity contribution is 8.38. The van der Waals surface area contributed by atoms with Gasteiger partial charge in [0.1, 0.15) is 4.38 Å². The van der Waals surface area contributed by atoms with Crippen molar-refractivity contribution in [2.24, 2.45) is 4.99 Å². The molecule has 3 rings (SSSR count). The molecular formula is C21H23N3O2S2. The molecule has 0 atom stereocenters. The van der Waals surface area contributed by atoms with Gasteiger partial charge in [-0.05, 0) is 42.7 Å². The van der Waals surface area contributed by atoms with Crippen molar-refractivity contribution in [1.82, 2.24) is 4.90 Å². The molecule has 2 aromatic carbocycles. The van der Waals surface area contributed by atoms with Gasteiger partial charge in [-0.2, -0.15) is 0 Å². The maximum absolute atomic E-state index is 12.4. The lowest BCUT2D eigenvalue weighted by Crippen LogP contribution is -2.36. The molecule has 0 aliphatic carbocycles. The van der Waals surface area contributed by atoms with Crippen LogP contribution in [0.4, 0.5) is 11.4 Å². The number of fused-ring (bicyclic) bond motifs is 1. The van der Waals surface area contributed by atoms with Crippen molar-refractivity contribution in [3.8, 4) is 0 Å². The summed E-state index contributed by atoms with van der Waals surface area (Å²) >= 11 is 3.06. The number of amides is 2. The molecule has 0 unspecified atom stereocenters. The summed E-state index contributed by atoms with van der Waals surface area (Å²) in [7, 11) is 1.65. The largest absolute Gasteiger partial charge is 0.336 e. The zero-order valence-corrected chi connectivity index (χ0v) is 17.8. The number of nitrogens with zero attached hydrogens (tertiary/aromatic N) is 2. The Kier molecular flexibility index (Phi) is 6.80. The molecule has 0 aromatic heterocycles. The van der Waals surface area contributed by atoms with Gasteiger partial charge in [-0.25, -0.2) is 4.99 Å². The Balaban J connectivity index is 1.50. The van der Waals surface area contributed by atoms with Crippen molar-refractivity contribution in [2.45, 2.75) is 19.6 Å². The molecule has 1 aliphatic heterocycles. The summed E-state index contributed by atoms with van der Waals surface area (Å²) in [6.07, 6.45) is 0. The van der Waals surface area contributed by atoms with Crippen molar-refractivity contribution in [2.75, 3.05) is 24.7 Å². The van der Waals surface area contributed by atoms with Crippen LogP contribution in [0.5, 0.6) is 0 Å². The van der Waals surface area contributed by atoms with Crippen molar-refractivity contribution >= 4 is 51.1 Å². The van der Waals surface area contributed by atoms with Gasteiger partial charge in [0.2, 0.25) is 11.8 Å². The highest BCUT2D eigenvalue weighted by atomic mass is 32.2. The van der Waals surface area contributed by atoms with Crippen molar-refractivity contribution < 1.29 is 9.59 Å². The third-order valence-electron chi connectivity index (χ3n) is 4.35. The zero-order valence-electron chi connectivity index (χ0n) is 16.2. The van der Waals surface area contributed by atoms with E-state index in [2.05, 4.69) is 16.4 Å². The Labute approximate surface area is 174 Å². The molecule has 0 saturated carbocycles. The number of hydrogen-bond acceptors (Lipinski definition) is 5. The normalized spacial score (nSPS) is 12.8. The van der Waals surface area contributed by atoms with Gasteiger partial charge >= 0.3 is 0 Å². The summed E-state index contributed by atoms with van der Waals surface area (Å²) in [6, 6.07) is 13.9. The maximum atomic E-state index is 12.4.